The summed E-state index contributed by atoms with van der Waals surface area (Å²) >= 11 is 0. The Morgan fingerprint density at radius 3 is 2.21 bits per heavy atom. The van der Waals surface area contributed by atoms with E-state index in [9.17, 15) is 24.5 Å². The molecule has 152 valence electrons. The SMILES string of the molecule is COC(=O)C1=C(C)NC(C)=C(C(=O)OCC(C)=O)C1c1ccccc1[N+](=O)[O-].[Ca+2].[H-].[H-]. The van der Waals surface area contributed by atoms with Gasteiger partial charge in [-0.1, -0.05) is 18.2 Å². The molecule has 1 N–H and O–H groups in total. The maximum absolute atomic E-state index is 12.7. The summed E-state index contributed by atoms with van der Waals surface area (Å²) < 4.78 is 9.87. The van der Waals surface area contributed by atoms with Crippen molar-refractivity contribution in [3.63, 3.8) is 0 Å². The second-order valence-corrected chi connectivity index (χ2v) is 6.22. The summed E-state index contributed by atoms with van der Waals surface area (Å²) in [5.74, 6) is -3.04. The summed E-state index contributed by atoms with van der Waals surface area (Å²) in [5.41, 5.74) is 0.701. The number of hydrogen-bond donors (Lipinski definition) is 1. The van der Waals surface area contributed by atoms with Crippen LogP contribution in [0.25, 0.3) is 0 Å². The number of ketones is 1. The third-order valence-electron chi connectivity index (χ3n) is 4.24. The van der Waals surface area contributed by atoms with Crippen LogP contribution in [0.4, 0.5) is 5.69 Å². The molecule has 1 aliphatic rings. The zero-order valence-corrected chi connectivity index (χ0v) is 18.8. The van der Waals surface area contributed by atoms with Crippen molar-refractivity contribution in [3.8, 4) is 0 Å². The van der Waals surface area contributed by atoms with Crippen molar-refractivity contribution in [3.05, 3.63) is 62.5 Å². The van der Waals surface area contributed by atoms with Crippen LogP contribution in [0.15, 0.2) is 46.8 Å². The Kier molecular flexibility index (Phi) is 9.00. The van der Waals surface area contributed by atoms with E-state index >= 15 is 0 Å². The molecule has 0 bridgehead atoms. The van der Waals surface area contributed by atoms with Crippen LogP contribution in [0, 0.1) is 10.1 Å². The molecular weight excluding hydrogens is 408 g/mol. The molecule has 10 heteroatoms. The Morgan fingerprint density at radius 1 is 1.14 bits per heavy atom. The van der Waals surface area contributed by atoms with Crippen molar-refractivity contribution >= 4 is 61.1 Å². The molecule has 0 fully saturated rings. The molecular formula is C19H22CaN2O7. The van der Waals surface area contributed by atoms with Gasteiger partial charge >= 0.3 is 49.7 Å². The van der Waals surface area contributed by atoms with Crippen LogP contribution in [-0.4, -0.2) is 74.1 Å². The van der Waals surface area contributed by atoms with Gasteiger partial charge in [0.2, 0.25) is 0 Å². The van der Waals surface area contributed by atoms with Crippen LogP contribution in [-0.2, 0) is 23.9 Å². The van der Waals surface area contributed by atoms with E-state index in [-0.39, 0.29) is 68.8 Å². The molecule has 1 aromatic carbocycles. The van der Waals surface area contributed by atoms with Gasteiger partial charge in [-0.2, -0.15) is 0 Å². The van der Waals surface area contributed by atoms with Crippen LogP contribution in [0.1, 0.15) is 35.1 Å². The van der Waals surface area contributed by atoms with Crippen molar-refractivity contribution in [1.29, 1.82) is 0 Å². The second kappa shape index (κ2) is 10.5. The topological polar surface area (TPSA) is 125 Å². The van der Waals surface area contributed by atoms with Gasteiger partial charge in [-0.05, 0) is 20.8 Å². The third-order valence-corrected chi connectivity index (χ3v) is 4.24. The summed E-state index contributed by atoms with van der Waals surface area (Å²) in [4.78, 5) is 47.3. The summed E-state index contributed by atoms with van der Waals surface area (Å²) in [7, 11) is 1.18. The number of benzene rings is 1. The van der Waals surface area contributed by atoms with Gasteiger partial charge in [0.1, 0.15) is 6.61 Å². The number of hydrogen-bond acceptors (Lipinski definition) is 8. The van der Waals surface area contributed by atoms with Gasteiger partial charge in [-0.15, -0.1) is 0 Å². The number of esters is 2. The number of nitro groups is 1. The number of carbonyl (C=O) groups excluding carboxylic acids is 3. The van der Waals surface area contributed by atoms with E-state index in [1.807, 2.05) is 0 Å². The van der Waals surface area contributed by atoms with Crippen molar-refractivity contribution in [1.82, 2.24) is 5.32 Å². The fourth-order valence-corrected chi connectivity index (χ4v) is 3.10. The monoisotopic (exact) mass is 430 g/mol. The largest absolute Gasteiger partial charge is 2.00 e. The van der Waals surface area contributed by atoms with Crippen LogP contribution in [0.2, 0.25) is 0 Å². The predicted octanol–water partition coefficient (Wildman–Crippen LogP) is 1.98. The Labute approximate surface area is 200 Å². The standard InChI is InChI=1S/C19H20N2O7.Ca.2H/c1-10(22)9-28-19(24)16-12(3)20-11(2)15(18(23)27-4)17(16)13-7-5-6-8-14(13)21(25)26;;;/h5-8,17,20H,9H2,1-4H3;;;/q;+2;2*-1. The van der Waals surface area contributed by atoms with Crippen LogP contribution in [0.5, 0.6) is 0 Å². The zero-order chi connectivity index (χ0) is 21.0. The van der Waals surface area contributed by atoms with Gasteiger partial charge in [0.05, 0.1) is 29.1 Å². The van der Waals surface area contributed by atoms with Crippen LogP contribution < -0.4 is 5.32 Å². The van der Waals surface area contributed by atoms with E-state index in [4.69, 9.17) is 9.47 Å². The van der Waals surface area contributed by atoms with Crippen molar-refractivity contribution in [2.24, 2.45) is 0 Å². The predicted molar refractivity (Wildman–Crippen MR) is 106 cm³/mol. The maximum Gasteiger partial charge on any atom is 2.00 e. The van der Waals surface area contributed by atoms with E-state index in [1.54, 1.807) is 19.9 Å². The molecule has 1 unspecified atom stereocenters. The number of Topliss-reactive ketones (excluding diaryl/α,β-unsaturated/α-hetero) is 1. The average molecular weight is 430 g/mol. The molecule has 0 radical (unpaired) electrons. The van der Waals surface area contributed by atoms with Gasteiger partial charge < -0.3 is 17.6 Å². The average Bonchev–Trinajstić information content (AvgIpc) is 2.64. The fraction of sp³-hybridized carbons (Fsp3) is 0.316. The molecule has 29 heavy (non-hydrogen) atoms. The maximum atomic E-state index is 12.7. The van der Waals surface area contributed by atoms with E-state index in [0.29, 0.717) is 11.4 Å². The van der Waals surface area contributed by atoms with Gasteiger partial charge in [0.25, 0.3) is 5.69 Å². The van der Waals surface area contributed by atoms with Crippen molar-refractivity contribution in [2.45, 2.75) is 26.7 Å². The second-order valence-electron chi connectivity index (χ2n) is 6.22. The number of para-hydroxylation sites is 1. The molecule has 0 saturated carbocycles. The molecule has 1 aliphatic heterocycles. The van der Waals surface area contributed by atoms with Crippen LogP contribution in [0.3, 0.4) is 0 Å². The normalized spacial score (nSPS) is 15.8. The molecule has 1 atom stereocenters. The Bertz CT molecular complexity index is 932. The number of rotatable bonds is 6. The van der Waals surface area contributed by atoms with Crippen LogP contribution >= 0.6 is 0 Å². The minimum atomic E-state index is -1.09. The van der Waals surface area contributed by atoms with Gasteiger partial charge in [-0.25, -0.2) is 9.59 Å². The number of nitrogens with zero attached hydrogens (tertiary/aromatic N) is 1. The molecule has 0 aromatic heterocycles. The molecule has 1 heterocycles. The fourth-order valence-electron chi connectivity index (χ4n) is 3.10. The minimum absolute atomic E-state index is 0. The first-order chi connectivity index (χ1) is 13.2. The molecule has 0 saturated heterocycles. The van der Waals surface area contributed by atoms with Gasteiger partial charge in [0.15, 0.2) is 5.78 Å². The summed E-state index contributed by atoms with van der Waals surface area (Å²) in [5, 5.41) is 14.5. The molecule has 0 aliphatic carbocycles. The Hall–Kier alpha value is -2.23. The van der Waals surface area contributed by atoms with Gasteiger partial charge in [-0.3, -0.25) is 14.9 Å². The van der Waals surface area contributed by atoms with Crippen molar-refractivity contribution < 1.29 is 31.6 Å². The number of ether oxygens (including phenoxy) is 2. The minimum Gasteiger partial charge on any atom is -1.00 e. The number of methoxy groups -OCH3 is 1. The first-order valence-electron chi connectivity index (χ1n) is 8.35. The molecule has 0 spiro atoms. The van der Waals surface area contributed by atoms with Crippen molar-refractivity contribution in [2.75, 3.05) is 13.7 Å². The Balaban J connectivity index is 0. The smallest absolute Gasteiger partial charge is 1.00 e. The van der Waals surface area contributed by atoms with Gasteiger partial charge in [0, 0.05) is 23.0 Å². The molecule has 2 rings (SSSR count). The number of nitrogens with one attached hydrogen (secondary N) is 1. The zero-order valence-electron chi connectivity index (χ0n) is 18.6. The first-order valence-corrected chi connectivity index (χ1v) is 8.35. The molecule has 9 nitrogen and oxygen atoms in total. The molecule has 1 aromatic rings. The molecule has 0 amide bonds. The number of allylic oxidation sites excluding steroid dienone is 2. The Morgan fingerprint density at radius 2 is 1.69 bits per heavy atom. The first kappa shape index (κ1) is 24.8. The summed E-state index contributed by atoms with van der Waals surface area (Å²) in [6.45, 7) is 4.01. The summed E-state index contributed by atoms with van der Waals surface area (Å²) in [6, 6.07) is 5.81. The summed E-state index contributed by atoms with van der Waals surface area (Å²) in [6.07, 6.45) is 0. The van der Waals surface area contributed by atoms with E-state index in [2.05, 4.69) is 5.32 Å². The third kappa shape index (κ3) is 5.43. The number of nitro benzene ring substituents is 1. The van der Waals surface area contributed by atoms with E-state index < -0.39 is 29.4 Å². The van der Waals surface area contributed by atoms with E-state index in [1.165, 1.54) is 32.2 Å². The number of dihydropyridines is 1. The quantitative estimate of drug-likeness (QED) is 0.314. The number of carbonyl (C=O) groups is 3. The van der Waals surface area contributed by atoms with E-state index in [0.717, 1.165) is 0 Å².